The molecule has 0 fully saturated rings. The topological polar surface area (TPSA) is 0 Å². The van der Waals surface area contributed by atoms with E-state index >= 15 is 0 Å². The van der Waals surface area contributed by atoms with Crippen molar-refractivity contribution in [2.45, 2.75) is 19.8 Å². The van der Waals surface area contributed by atoms with Crippen molar-refractivity contribution in [3.8, 4) is 0 Å². The summed E-state index contributed by atoms with van der Waals surface area (Å²) in [6.07, 6.45) is 4.52. The summed E-state index contributed by atoms with van der Waals surface area (Å²) in [5.41, 5.74) is 7.16. The molecular formula is C17H16. The van der Waals surface area contributed by atoms with E-state index in [4.69, 9.17) is 0 Å². The molecule has 2 aromatic carbocycles. The molecule has 0 N–H and O–H groups in total. The first-order chi connectivity index (χ1) is 8.33. The first-order valence-electron chi connectivity index (χ1n) is 6.16. The van der Waals surface area contributed by atoms with Gasteiger partial charge in [0.25, 0.3) is 0 Å². The van der Waals surface area contributed by atoms with E-state index in [1.54, 1.807) is 0 Å². The number of fused-ring (bicyclic) bond motifs is 1. The number of benzene rings is 2. The second-order valence-corrected chi connectivity index (χ2v) is 4.76. The average Bonchev–Trinajstić information content (AvgIpc) is 2.73. The van der Waals surface area contributed by atoms with Crippen molar-refractivity contribution in [1.29, 1.82) is 0 Å². The fourth-order valence-electron chi connectivity index (χ4n) is 2.49. The molecular weight excluding hydrogens is 204 g/mol. The molecule has 0 aliphatic heterocycles. The average molecular weight is 220 g/mol. The maximum Gasteiger partial charge on any atom is -0.00228 e. The molecule has 0 radical (unpaired) electrons. The SMILES string of the molecule is Cc1ccc2c(c1)C(Cc1ccccc1)=CC2. The standard InChI is InChI=1S/C17H16/c1-13-7-8-15-9-10-16(17(15)11-13)12-14-5-3-2-4-6-14/h2-8,10-11H,9,12H2,1H3. The van der Waals surface area contributed by atoms with Gasteiger partial charge in [-0.3, -0.25) is 0 Å². The summed E-state index contributed by atoms with van der Waals surface area (Å²) in [4.78, 5) is 0. The maximum absolute atomic E-state index is 2.37. The van der Waals surface area contributed by atoms with Crippen LogP contribution in [0.25, 0.3) is 5.57 Å². The highest BCUT2D eigenvalue weighted by atomic mass is 14.2. The Balaban J connectivity index is 1.91. The lowest BCUT2D eigenvalue weighted by atomic mass is 9.98. The van der Waals surface area contributed by atoms with Crippen LogP contribution < -0.4 is 0 Å². The van der Waals surface area contributed by atoms with Gasteiger partial charge in [-0.15, -0.1) is 0 Å². The second kappa shape index (κ2) is 4.21. The third kappa shape index (κ3) is 2.03. The zero-order valence-electron chi connectivity index (χ0n) is 10.1. The highest BCUT2D eigenvalue weighted by molar-refractivity contribution is 5.75. The van der Waals surface area contributed by atoms with Crippen LogP contribution in [-0.2, 0) is 12.8 Å². The van der Waals surface area contributed by atoms with Gasteiger partial charge in [-0.2, -0.15) is 0 Å². The van der Waals surface area contributed by atoms with Gasteiger partial charge >= 0.3 is 0 Å². The van der Waals surface area contributed by atoms with Crippen molar-refractivity contribution in [1.82, 2.24) is 0 Å². The molecule has 3 rings (SSSR count). The van der Waals surface area contributed by atoms with E-state index in [0.717, 1.165) is 12.8 Å². The van der Waals surface area contributed by atoms with Crippen LogP contribution in [-0.4, -0.2) is 0 Å². The number of rotatable bonds is 2. The normalized spacial score (nSPS) is 13.4. The number of hydrogen-bond donors (Lipinski definition) is 0. The van der Waals surface area contributed by atoms with Crippen molar-refractivity contribution in [2.75, 3.05) is 0 Å². The molecule has 0 spiro atoms. The molecule has 1 aliphatic rings. The predicted octanol–water partition coefficient (Wildman–Crippen LogP) is 4.18. The summed E-state index contributed by atoms with van der Waals surface area (Å²) in [6, 6.07) is 17.5. The fraction of sp³-hybridized carbons (Fsp3) is 0.176. The quantitative estimate of drug-likeness (QED) is 0.712. The van der Waals surface area contributed by atoms with Crippen molar-refractivity contribution in [3.63, 3.8) is 0 Å². The van der Waals surface area contributed by atoms with Gasteiger partial charge in [-0.25, -0.2) is 0 Å². The van der Waals surface area contributed by atoms with Gasteiger partial charge in [0.1, 0.15) is 0 Å². The molecule has 84 valence electrons. The molecule has 0 heteroatoms. The molecule has 0 saturated heterocycles. The van der Waals surface area contributed by atoms with Crippen molar-refractivity contribution < 1.29 is 0 Å². The Kier molecular flexibility index (Phi) is 2.56. The van der Waals surface area contributed by atoms with E-state index < -0.39 is 0 Å². The highest BCUT2D eigenvalue weighted by Crippen LogP contribution is 2.30. The van der Waals surface area contributed by atoms with E-state index in [9.17, 15) is 0 Å². The summed E-state index contributed by atoms with van der Waals surface area (Å²) < 4.78 is 0. The maximum atomic E-state index is 2.37. The number of allylic oxidation sites excluding steroid dienone is 2. The van der Waals surface area contributed by atoms with Crippen molar-refractivity contribution >= 4 is 5.57 Å². The number of aryl methyl sites for hydroxylation is 1. The van der Waals surface area contributed by atoms with E-state index in [2.05, 4.69) is 61.5 Å². The van der Waals surface area contributed by atoms with E-state index in [0.29, 0.717) is 0 Å². The molecule has 0 amide bonds. The summed E-state index contributed by atoms with van der Waals surface area (Å²) in [5, 5.41) is 0. The Morgan fingerprint density at radius 2 is 1.82 bits per heavy atom. The Morgan fingerprint density at radius 1 is 1.00 bits per heavy atom. The minimum atomic E-state index is 1.05. The smallest absolute Gasteiger partial charge is 0.00228 e. The Morgan fingerprint density at radius 3 is 2.65 bits per heavy atom. The van der Waals surface area contributed by atoms with Crippen LogP contribution >= 0.6 is 0 Å². The van der Waals surface area contributed by atoms with Crippen LogP contribution in [0, 0.1) is 6.92 Å². The van der Waals surface area contributed by atoms with Crippen LogP contribution in [0.15, 0.2) is 54.6 Å². The molecule has 0 aromatic heterocycles. The van der Waals surface area contributed by atoms with Gasteiger partial charge in [0.15, 0.2) is 0 Å². The minimum absolute atomic E-state index is 1.05. The monoisotopic (exact) mass is 220 g/mol. The first kappa shape index (κ1) is 10.3. The molecule has 0 atom stereocenters. The summed E-state index contributed by atoms with van der Waals surface area (Å²) in [6.45, 7) is 2.17. The second-order valence-electron chi connectivity index (χ2n) is 4.76. The van der Waals surface area contributed by atoms with Gasteiger partial charge in [0, 0.05) is 0 Å². The summed E-state index contributed by atoms with van der Waals surface area (Å²) >= 11 is 0. The van der Waals surface area contributed by atoms with Gasteiger partial charge in [0.2, 0.25) is 0 Å². The van der Waals surface area contributed by atoms with Gasteiger partial charge in [-0.05, 0) is 42.0 Å². The lowest BCUT2D eigenvalue weighted by Gasteiger charge is -2.07. The molecule has 0 nitrogen and oxygen atoms in total. The van der Waals surface area contributed by atoms with Crippen LogP contribution in [0.5, 0.6) is 0 Å². The highest BCUT2D eigenvalue weighted by Gasteiger charge is 2.13. The van der Waals surface area contributed by atoms with Crippen LogP contribution in [0.2, 0.25) is 0 Å². The third-order valence-electron chi connectivity index (χ3n) is 3.42. The van der Waals surface area contributed by atoms with Gasteiger partial charge in [-0.1, -0.05) is 60.2 Å². The molecule has 0 bridgehead atoms. The predicted molar refractivity (Wildman–Crippen MR) is 73.0 cm³/mol. The van der Waals surface area contributed by atoms with Crippen LogP contribution in [0.4, 0.5) is 0 Å². The molecule has 1 aliphatic carbocycles. The van der Waals surface area contributed by atoms with E-state index in [1.807, 2.05) is 0 Å². The Labute approximate surface area is 103 Å². The molecule has 0 heterocycles. The Hall–Kier alpha value is -1.82. The van der Waals surface area contributed by atoms with Crippen LogP contribution in [0.3, 0.4) is 0 Å². The third-order valence-corrected chi connectivity index (χ3v) is 3.42. The van der Waals surface area contributed by atoms with Gasteiger partial charge in [0.05, 0.1) is 0 Å². The van der Waals surface area contributed by atoms with E-state index in [-0.39, 0.29) is 0 Å². The number of hydrogen-bond acceptors (Lipinski definition) is 0. The minimum Gasteiger partial charge on any atom is -0.0759 e. The zero-order valence-corrected chi connectivity index (χ0v) is 10.1. The largest absolute Gasteiger partial charge is 0.0759 e. The van der Waals surface area contributed by atoms with Crippen molar-refractivity contribution in [3.05, 3.63) is 76.9 Å². The van der Waals surface area contributed by atoms with Gasteiger partial charge < -0.3 is 0 Å². The fourth-order valence-corrected chi connectivity index (χ4v) is 2.49. The molecule has 0 saturated carbocycles. The van der Waals surface area contributed by atoms with Crippen molar-refractivity contribution in [2.24, 2.45) is 0 Å². The summed E-state index contributed by atoms with van der Waals surface area (Å²) in [5.74, 6) is 0. The lowest BCUT2D eigenvalue weighted by molar-refractivity contribution is 1.28. The summed E-state index contributed by atoms with van der Waals surface area (Å²) in [7, 11) is 0. The lowest BCUT2D eigenvalue weighted by Crippen LogP contribution is -1.90. The Bertz CT molecular complexity index is 562. The van der Waals surface area contributed by atoms with Crippen LogP contribution in [0.1, 0.15) is 22.3 Å². The zero-order chi connectivity index (χ0) is 11.7. The molecule has 0 unspecified atom stereocenters. The van der Waals surface area contributed by atoms with E-state index in [1.165, 1.54) is 27.8 Å². The molecule has 2 aromatic rings. The molecule has 17 heavy (non-hydrogen) atoms. The first-order valence-corrected chi connectivity index (χ1v) is 6.16.